The Morgan fingerprint density at radius 2 is 1.84 bits per heavy atom. The van der Waals surface area contributed by atoms with E-state index in [1.165, 1.54) is 0 Å². The highest BCUT2D eigenvalue weighted by molar-refractivity contribution is 6.23. The van der Waals surface area contributed by atoms with Crippen molar-refractivity contribution in [1.82, 2.24) is 15.1 Å². The molecule has 9 nitrogen and oxygen atoms in total. The van der Waals surface area contributed by atoms with E-state index in [2.05, 4.69) is 17.1 Å². The van der Waals surface area contributed by atoms with Gasteiger partial charge in [0, 0.05) is 18.5 Å². The molecule has 3 heterocycles. The molecular formula is C22H28N4O5. The molecule has 0 saturated carbocycles. The smallest absolute Gasteiger partial charge is 0.262 e. The number of amides is 4. The van der Waals surface area contributed by atoms with E-state index in [9.17, 15) is 19.2 Å². The Morgan fingerprint density at radius 3 is 2.55 bits per heavy atom. The van der Waals surface area contributed by atoms with Crippen molar-refractivity contribution in [2.75, 3.05) is 26.2 Å². The number of imide groups is 2. The van der Waals surface area contributed by atoms with Gasteiger partial charge in [-0.15, -0.1) is 0 Å². The number of hydrogen-bond donors (Lipinski definition) is 2. The predicted molar refractivity (Wildman–Crippen MR) is 111 cm³/mol. The van der Waals surface area contributed by atoms with Gasteiger partial charge in [-0.2, -0.15) is 0 Å². The van der Waals surface area contributed by atoms with Crippen molar-refractivity contribution in [2.24, 2.45) is 5.73 Å². The molecule has 4 amide bonds. The Labute approximate surface area is 180 Å². The number of carbonyl (C=O) groups excluding carboxylic acids is 4. The Morgan fingerprint density at radius 1 is 1.13 bits per heavy atom. The van der Waals surface area contributed by atoms with Crippen molar-refractivity contribution in [3.63, 3.8) is 0 Å². The number of nitrogens with zero attached hydrogens (tertiary/aromatic N) is 2. The molecule has 0 bridgehead atoms. The first-order valence-electron chi connectivity index (χ1n) is 10.7. The minimum atomic E-state index is -0.964. The fraction of sp³-hybridized carbons (Fsp3) is 0.545. The van der Waals surface area contributed by atoms with E-state index in [0.717, 1.165) is 43.8 Å². The molecule has 2 saturated heterocycles. The molecule has 4 rings (SSSR count). The maximum atomic E-state index is 12.8. The number of piperidine rings is 2. The van der Waals surface area contributed by atoms with Gasteiger partial charge in [0.2, 0.25) is 11.8 Å². The molecule has 1 atom stereocenters. The van der Waals surface area contributed by atoms with Crippen LogP contribution in [0.4, 0.5) is 0 Å². The third kappa shape index (κ3) is 4.47. The monoisotopic (exact) mass is 428 g/mol. The number of hydrogen-bond acceptors (Lipinski definition) is 7. The number of nitrogens with two attached hydrogens (primary N) is 1. The number of nitrogens with one attached hydrogen (secondary N) is 1. The molecule has 0 spiro atoms. The average molecular weight is 428 g/mol. The van der Waals surface area contributed by atoms with Crippen LogP contribution < -0.4 is 15.8 Å². The summed E-state index contributed by atoms with van der Waals surface area (Å²) in [7, 11) is 0. The van der Waals surface area contributed by atoms with Gasteiger partial charge in [-0.05, 0) is 63.9 Å². The van der Waals surface area contributed by atoms with Crippen LogP contribution in [0, 0.1) is 0 Å². The Balaban J connectivity index is 1.33. The molecule has 1 aromatic rings. The molecule has 3 aliphatic rings. The summed E-state index contributed by atoms with van der Waals surface area (Å²) in [6, 6.07) is 3.82. The number of likely N-dealkylation sites (tertiary alicyclic amines) is 1. The van der Waals surface area contributed by atoms with Gasteiger partial charge < -0.3 is 15.4 Å². The van der Waals surface area contributed by atoms with E-state index in [0.29, 0.717) is 12.4 Å². The third-order valence-electron chi connectivity index (χ3n) is 6.30. The molecule has 0 aliphatic carbocycles. The molecule has 3 N–H and O–H groups in total. The maximum Gasteiger partial charge on any atom is 0.262 e. The van der Waals surface area contributed by atoms with Crippen LogP contribution >= 0.6 is 0 Å². The molecule has 1 unspecified atom stereocenters. The van der Waals surface area contributed by atoms with E-state index in [-0.39, 0.29) is 29.5 Å². The summed E-state index contributed by atoms with van der Waals surface area (Å²) < 4.78 is 5.81. The number of carbonyl (C=O) groups is 4. The highest BCUT2D eigenvalue weighted by Crippen LogP contribution is 2.30. The molecule has 9 heteroatoms. The van der Waals surface area contributed by atoms with Crippen molar-refractivity contribution >= 4 is 23.6 Å². The fourth-order valence-electron chi connectivity index (χ4n) is 4.31. The summed E-state index contributed by atoms with van der Waals surface area (Å²) >= 11 is 0. The normalized spacial score (nSPS) is 23.7. The quantitative estimate of drug-likeness (QED) is 0.504. The average Bonchev–Trinajstić information content (AvgIpc) is 2.97. The molecule has 0 radical (unpaired) electrons. The summed E-state index contributed by atoms with van der Waals surface area (Å²) in [4.78, 5) is 52.4. The number of ether oxygens (including phenoxy) is 1. The van der Waals surface area contributed by atoms with Crippen LogP contribution in [0.5, 0.6) is 5.75 Å². The predicted octanol–water partition coefficient (Wildman–Crippen LogP) is 0.670. The Kier molecular flexibility index (Phi) is 5.81. The zero-order valence-corrected chi connectivity index (χ0v) is 17.7. The number of fused-ring (bicyclic) bond motifs is 1. The lowest BCUT2D eigenvalue weighted by Gasteiger charge is -2.36. The number of benzene rings is 1. The van der Waals surface area contributed by atoms with Gasteiger partial charge in [0.15, 0.2) is 0 Å². The molecule has 2 fully saturated rings. The maximum absolute atomic E-state index is 12.8. The van der Waals surface area contributed by atoms with Crippen LogP contribution in [0.25, 0.3) is 0 Å². The van der Waals surface area contributed by atoms with Crippen LogP contribution in [0.2, 0.25) is 0 Å². The van der Waals surface area contributed by atoms with E-state index < -0.39 is 29.7 Å². The molecule has 31 heavy (non-hydrogen) atoms. The highest BCUT2D eigenvalue weighted by Gasteiger charge is 2.44. The zero-order chi connectivity index (χ0) is 22.2. The van der Waals surface area contributed by atoms with Gasteiger partial charge in [0.25, 0.3) is 11.8 Å². The Hall–Kier alpha value is -2.78. The van der Waals surface area contributed by atoms with Crippen LogP contribution in [0.1, 0.15) is 59.7 Å². The summed E-state index contributed by atoms with van der Waals surface area (Å²) in [6.07, 6.45) is 3.05. The van der Waals surface area contributed by atoms with Gasteiger partial charge in [-0.1, -0.05) is 0 Å². The lowest BCUT2D eigenvalue weighted by atomic mass is 9.91. The zero-order valence-electron chi connectivity index (χ0n) is 17.7. The highest BCUT2D eigenvalue weighted by atomic mass is 16.5. The molecule has 166 valence electrons. The van der Waals surface area contributed by atoms with Crippen LogP contribution in [0.3, 0.4) is 0 Å². The number of rotatable bonds is 6. The third-order valence-corrected chi connectivity index (χ3v) is 6.30. The first-order chi connectivity index (χ1) is 14.7. The second kappa shape index (κ2) is 8.39. The first-order valence-corrected chi connectivity index (χ1v) is 10.7. The van der Waals surface area contributed by atoms with Gasteiger partial charge in [-0.25, -0.2) is 0 Å². The summed E-state index contributed by atoms with van der Waals surface area (Å²) in [5.74, 6) is -1.54. The van der Waals surface area contributed by atoms with Gasteiger partial charge in [-0.3, -0.25) is 29.4 Å². The van der Waals surface area contributed by atoms with E-state index in [4.69, 9.17) is 10.5 Å². The second-order valence-electron chi connectivity index (χ2n) is 8.85. The van der Waals surface area contributed by atoms with E-state index in [1.54, 1.807) is 18.2 Å². The van der Waals surface area contributed by atoms with Crippen molar-refractivity contribution in [3.8, 4) is 5.75 Å². The lowest BCUT2D eigenvalue weighted by Crippen LogP contribution is -2.54. The first kappa shape index (κ1) is 21.5. The minimum Gasteiger partial charge on any atom is -0.494 e. The standard InChI is InChI=1S/C22H28N4O5/c1-22(23)7-10-25(11-8-22)9-2-12-31-14-3-4-15-16(13-14)21(30)26(20(15)29)17-5-6-18(27)24-19(17)28/h3-4,13,17H,2,5-12,23H2,1H3,(H,24,27,28). The topological polar surface area (TPSA) is 122 Å². The van der Waals surface area contributed by atoms with Crippen molar-refractivity contribution in [2.45, 2.75) is 50.6 Å². The van der Waals surface area contributed by atoms with Crippen LogP contribution in [-0.2, 0) is 9.59 Å². The summed E-state index contributed by atoms with van der Waals surface area (Å²) in [5.41, 5.74) is 6.58. The van der Waals surface area contributed by atoms with Gasteiger partial charge in [0.05, 0.1) is 17.7 Å². The van der Waals surface area contributed by atoms with Crippen molar-refractivity contribution in [1.29, 1.82) is 0 Å². The largest absolute Gasteiger partial charge is 0.494 e. The van der Waals surface area contributed by atoms with Crippen LogP contribution in [0.15, 0.2) is 18.2 Å². The van der Waals surface area contributed by atoms with E-state index >= 15 is 0 Å². The van der Waals surface area contributed by atoms with Crippen LogP contribution in [-0.4, -0.2) is 71.3 Å². The fourth-order valence-corrected chi connectivity index (χ4v) is 4.31. The van der Waals surface area contributed by atoms with Gasteiger partial charge >= 0.3 is 0 Å². The molecule has 1 aromatic carbocycles. The van der Waals surface area contributed by atoms with Crippen molar-refractivity contribution < 1.29 is 23.9 Å². The second-order valence-corrected chi connectivity index (χ2v) is 8.85. The lowest BCUT2D eigenvalue weighted by molar-refractivity contribution is -0.136. The molecular weight excluding hydrogens is 400 g/mol. The van der Waals surface area contributed by atoms with Gasteiger partial charge in [0.1, 0.15) is 11.8 Å². The summed E-state index contributed by atoms with van der Waals surface area (Å²) in [6.45, 7) is 5.47. The SMILES string of the molecule is CC1(N)CCN(CCCOc2ccc3c(c2)C(=O)N(C2CCC(=O)NC2=O)C3=O)CC1. The minimum absolute atomic E-state index is 0.0664. The Bertz CT molecular complexity index is 918. The molecule has 0 aromatic heterocycles. The van der Waals surface area contributed by atoms with E-state index in [1.807, 2.05) is 0 Å². The summed E-state index contributed by atoms with van der Waals surface area (Å²) in [5, 5.41) is 2.19. The molecule has 3 aliphatic heterocycles. The van der Waals surface area contributed by atoms with Crippen molar-refractivity contribution in [3.05, 3.63) is 29.3 Å².